The molecular weight excluding hydrogens is 466 g/mol. The molecule has 1 amide bonds. The van der Waals surface area contributed by atoms with Crippen molar-refractivity contribution in [2.24, 2.45) is 7.05 Å². The fourth-order valence-electron chi connectivity index (χ4n) is 4.90. The van der Waals surface area contributed by atoms with Gasteiger partial charge in [0.1, 0.15) is 18.1 Å². The lowest BCUT2D eigenvalue weighted by molar-refractivity contribution is 0.0926. The van der Waals surface area contributed by atoms with Crippen LogP contribution in [0.25, 0.3) is 28.2 Å². The second kappa shape index (κ2) is 8.54. The van der Waals surface area contributed by atoms with Crippen LogP contribution in [0.15, 0.2) is 41.2 Å². The van der Waals surface area contributed by atoms with Crippen molar-refractivity contribution in [1.82, 2.24) is 24.9 Å². The van der Waals surface area contributed by atoms with Crippen molar-refractivity contribution in [2.45, 2.75) is 38.0 Å². The summed E-state index contributed by atoms with van der Waals surface area (Å²) in [5.41, 5.74) is 5.20. The Morgan fingerprint density at radius 1 is 1.26 bits per heavy atom. The highest BCUT2D eigenvalue weighted by atomic mass is 32.1. The zero-order valence-corrected chi connectivity index (χ0v) is 20.2. The van der Waals surface area contributed by atoms with E-state index in [0.29, 0.717) is 30.0 Å². The molecule has 0 spiro atoms. The number of hydrogen-bond donors (Lipinski definition) is 2. The van der Waals surface area contributed by atoms with E-state index in [-0.39, 0.29) is 24.7 Å². The van der Waals surface area contributed by atoms with Gasteiger partial charge in [0.15, 0.2) is 5.69 Å². The minimum absolute atomic E-state index is 0.0590. The minimum Gasteiger partial charge on any atom is -0.496 e. The number of carbonyl (C=O) groups excluding carboxylic acids is 1. The second-order valence-electron chi connectivity index (χ2n) is 8.92. The number of benzene rings is 1. The number of ether oxygens (including phenoxy) is 2. The van der Waals surface area contributed by atoms with Crippen molar-refractivity contribution in [3.05, 3.63) is 52.5 Å². The number of aliphatic hydroxyl groups excluding tert-OH is 1. The van der Waals surface area contributed by atoms with Crippen LogP contribution in [0.2, 0.25) is 0 Å². The van der Waals surface area contributed by atoms with Crippen LogP contribution < -0.4 is 14.8 Å². The Morgan fingerprint density at radius 3 is 2.83 bits per heavy atom. The molecule has 0 saturated heterocycles. The highest BCUT2D eigenvalue weighted by molar-refractivity contribution is 7.08. The molecule has 35 heavy (non-hydrogen) atoms. The van der Waals surface area contributed by atoms with E-state index in [2.05, 4.69) is 10.4 Å². The zero-order valence-electron chi connectivity index (χ0n) is 19.4. The van der Waals surface area contributed by atoms with E-state index < -0.39 is 0 Å². The third-order valence-corrected chi connectivity index (χ3v) is 7.28. The minimum atomic E-state index is -0.368. The van der Waals surface area contributed by atoms with Crippen molar-refractivity contribution >= 4 is 17.2 Å². The molecule has 1 saturated carbocycles. The molecule has 2 N–H and O–H groups in total. The predicted octanol–water partition coefficient (Wildman–Crippen LogP) is 3.55. The lowest BCUT2D eigenvalue weighted by Crippen LogP contribution is -2.34. The van der Waals surface area contributed by atoms with Crippen LogP contribution in [-0.2, 0) is 13.7 Å². The van der Waals surface area contributed by atoms with Gasteiger partial charge in [0, 0.05) is 47.4 Å². The number of nitrogens with one attached hydrogen (secondary N) is 1. The van der Waals surface area contributed by atoms with Gasteiger partial charge in [0.2, 0.25) is 0 Å². The number of carbonyl (C=O) groups is 1. The molecule has 4 aromatic rings. The number of aliphatic hydroxyl groups is 1. The highest BCUT2D eigenvalue weighted by Gasteiger charge is 2.33. The molecule has 4 heterocycles. The molecule has 2 unspecified atom stereocenters. The number of aromatic nitrogens is 4. The van der Waals surface area contributed by atoms with Crippen molar-refractivity contribution < 1.29 is 19.4 Å². The Balaban J connectivity index is 1.49. The van der Waals surface area contributed by atoms with Gasteiger partial charge in [-0.25, -0.2) is 4.68 Å². The molecule has 1 aromatic carbocycles. The second-order valence-corrected chi connectivity index (χ2v) is 9.70. The summed E-state index contributed by atoms with van der Waals surface area (Å²) >= 11 is 1.57. The Bertz CT molecular complexity index is 1410. The van der Waals surface area contributed by atoms with Gasteiger partial charge >= 0.3 is 0 Å². The fourth-order valence-corrected chi connectivity index (χ4v) is 5.51. The Morgan fingerprint density at radius 2 is 2.14 bits per heavy atom. The van der Waals surface area contributed by atoms with E-state index in [1.165, 1.54) is 0 Å². The molecule has 10 heteroatoms. The van der Waals surface area contributed by atoms with Gasteiger partial charge < -0.3 is 19.9 Å². The van der Waals surface area contributed by atoms with Crippen molar-refractivity contribution in [3.8, 4) is 39.7 Å². The number of fused-ring (bicyclic) bond motifs is 3. The van der Waals surface area contributed by atoms with E-state index >= 15 is 0 Å². The van der Waals surface area contributed by atoms with Crippen molar-refractivity contribution in [3.63, 3.8) is 0 Å². The molecule has 2 aliphatic rings. The maximum atomic E-state index is 13.3. The van der Waals surface area contributed by atoms with Crippen LogP contribution in [0.4, 0.5) is 0 Å². The van der Waals surface area contributed by atoms with Gasteiger partial charge in [0.25, 0.3) is 5.91 Å². The van der Waals surface area contributed by atoms with Crippen LogP contribution in [0.1, 0.15) is 35.3 Å². The van der Waals surface area contributed by atoms with E-state index in [9.17, 15) is 9.90 Å². The van der Waals surface area contributed by atoms with E-state index in [0.717, 1.165) is 40.2 Å². The number of rotatable bonds is 5. The maximum absolute atomic E-state index is 13.3. The molecule has 1 fully saturated rings. The van der Waals surface area contributed by atoms with Crippen molar-refractivity contribution in [2.75, 3.05) is 7.11 Å². The van der Waals surface area contributed by atoms with Crippen LogP contribution in [0, 0.1) is 0 Å². The summed E-state index contributed by atoms with van der Waals surface area (Å²) in [5, 5.41) is 26.2. The number of methoxy groups -OCH3 is 1. The fraction of sp³-hybridized carbons (Fsp3) is 0.320. The van der Waals surface area contributed by atoms with Gasteiger partial charge in [-0.1, -0.05) is 0 Å². The van der Waals surface area contributed by atoms with Gasteiger partial charge in [-0.2, -0.15) is 21.5 Å². The average molecular weight is 492 g/mol. The molecular formula is C25H25N5O4S. The zero-order chi connectivity index (χ0) is 24.1. The quantitative estimate of drug-likeness (QED) is 0.443. The molecule has 2 atom stereocenters. The van der Waals surface area contributed by atoms with Gasteiger partial charge in [-0.15, -0.1) is 0 Å². The number of aryl methyl sites for hydroxylation is 1. The summed E-state index contributed by atoms with van der Waals surface area (Å²) in [5.74, 6) is 1.07. The van der Waals surface area contributed by atoms with Crippen LogP contribution in [0.5, 0.6) is 11.5 Å². The Labute approximate surface area is 205 Å². The average Bonchev–Trinajstić information content (AvgIpc) is 3.65. The summed E-state index contributed by atoms with van der Waals surface area (Å²) in [4.78, 5) is 13.3. The van der Waals surface area contributed by atoms with E-state index in [1.54, 1.807) is 23.1 Å². The van der Waals surface area contributed by atoms with Gasteiger partial charge in [-0.3, -0.25) is 9.48 Å². The summed E-state index contributed by atoms with van der Waals surface area (Å²) in [7, 11) is 3.50. The number of nitrogens with zero attached hydrogens (tertiary/aromatic N) is 4. The number of thiophene rings is 1. The SMILES string of the molecule is COc1cc2c(cc1-c1ccn(C)n1)-c1c(c(C(=O)NC3CCC(O)C3)nn1-c1ccsc1)CO2. The number of amides is 1. The van der Waals surface area contributed by atoms with E-state index in [1.807, 2.05) is 53.0 Å². The topological polar surface area (TPSA) is 103 Å². The van der Waals surface area contributed by atoms with Crippen LogP contribution >= 0.6 is 11.3 Å². The van der Waals surface area contributed by atoms with Gasteiger partial charge in [0.05, 0.1) is 30.3 Å². The Hall–Kier alpha value is -3.63. The lowest BCUT2D eigenvalue weighted by atomic mass is 9.98. The molecule has 0 bridgehead atoms. The summed E-state index contributed by atoms with van der Waals surface area (Å²) in [6.07, 6.45) is 3.53. The number of hydrogen-bond acceptors (Lipinski definition) is 7. The van der Waals surface area contributed by atoms with E-state index in [4.69, 9.17) is 14.6 Å². The molecule has 3 aromatic heterocycles. The van der Waals surface area contributed by atoms with Gasteiger partial charge in [-0.05, 0) is 42.8 Å². The predicted molar refractivity (Wildman–Crippen MR) is 131 cm³/mol. The first-order chi connectivity index (χ1) is 17.0. The largest absolute Gasteiger partial charge is 0.496 e. The first-order valence-corrected chi connectivity index (χ1v) is 12.4. The normalized spacial score (nSPS) is 18.6. The molecule has 180 valence electrons. The lowest BCUT2D eigenvalue weighted by Gasteiger charge is -2.22. The Kier molecular flexibility index (Phi) is 5.34. The molecule has 0 radical (unpaired) electrons. The summed E-state index contributed by atoms with van der Waals surface area (Å²) in [6, 6.07) is 7.71. The molecule has 1 aliphatic heterocycles. The third-order valence-electron chi connectivity index (χ3n) is 6.61. The first kappa shape index (κ1) is 21.9. The monoisotopic (exact) mass is 491 g/mol. The van der Waals surface area contributed by atoms with Crippen molar-refractivity contribution in [1.29, 1.82) is 0 Å². The first-order valence-electron chi connectivity index (χ1n) is 11.5. The third kappa shape index (κ3) is 3.78. The highest BCUT2D eigenvalue weighted by Crippen LogP contribution is 2.45. The summed E-state index contributed by atoms with van der Waals surface area (Å²) < 4.78 is 15.3. The molecule has 6 rings (SSSR count). The molecule has 1 aliphatic carbocycles. The maximum Gasteiger partial charge on any atom is 0.272 e. The standard InChI is InChI=1S/C25H25N5O4S/c1-29-7-5-20(27-29)17-10-18-22(11-21(17)33-2)34-12-19-23(25(32)26-14-3-4-16(31)9-14)28-30(24(18)19)15-6-8-35-13-15/h5-8,10-11,13-14,16,31H,3-4,9,12H2,1-2H3,(H,26,32). The van der Waals surface area contributed by atoms with Crippen LogP contribution in [0.3, 0.4) is 0 Å². The smallest absolute Gasteiger partial charge is 0.272 e. The summed E-state index contributed by atoms with van der Waals surface area (Å²) in [6.45, 7) is 0.217. The molecule has 9 nitrogen and oxygen atoms in total. The van der Waals surface area contributed by atoms with Crippen LogP contribution in [-0.4, -0.2) is 49.8 Å².